The Kier molecular flexibility index (Phi) is 5.60. The molecule has 0 aliphatic heterocycles. The molecular weight excluding hydrogens is 350 g/mol. The molecule has 0 bridgehead atoms. The number of carbonyl (C=O) groups is 3. The number of carbonyl (C=O) groups excluding carboxylic acids is 1. The van der Waals surface area contributed by atoms with E-state index in [2.05, 4.69) is 10.1 Å². The number of hydrogen-bond acceptors (Lipinski definition) is 6. The third-order valence-corrected chi connectivity index (χ3v) is 4.51. The van der Waals surface area contributed by atoms with Crippen LogP contribution in [0.1, 0.15) is 15.2 Å². The molecule has 1 heterocycles. The number of nitrogens with one attached hydrogen (secondary N) is 1. The zero-order valence-corrected chi connectivity index (χ0v) is 14.2. The van der Waals surface area contributed by atoms with Crippen molar-refractivity contribution in [3.05, 3.63) is 34.7 Å². The molecule has 0 aliphatic rings. The lowest BCUT2D eigenvalue weighted by molar-refractivity contribution is -0.139. The van der Waals surface area contributed by atoms with Gasteiger partial charge in [-0.1, -0.05) is 12.1 Å². The van der Waals surface area contributed by atoms with Crippen molar-refractivity contribution in [3.8, 4) is 16.2 Å². The molecule has 0 aliphatic carbocycles. The summed E-state index contributed by atoms with van der Waals surface area (Å²) < 4.78 is 9.64. The van der Waals surface area contributed by atoms with Crippen LogP contribution < -0.4 is 10.1 Å². The molecule has 0 saturated heterocycles. The number of benzene rings is 1. The summed E-state index contributed by atoms with van der Waals surface area (Å²) in [5, 5.41) is 20.5. The van der Waals surface area contributed by atoms with Crippen molar-refractivity contribution in [1.82, 2.24) is 0 Å². The molecule has 1 aromatic carbocycles. The molecule has 0 spiro atoms. The monoisotopic (exact) mass is 365 g/mol. The van der Waals surface area contributed by atoms with Crippen molar-refractivity contribution < 1.29 is 34.1 Å². The van der Waals surface area contributed by atoms with Crippen molar-refractivity contribution in [1.29, 1.82) is 0 Å². The first kappa shape index (κ1) is 18.3. The number of carboxylic acid groups (broad SMARTS) is 2. The van der Waals surface area contributed by atoms with Crippen LogP contribution in [0, 0.1) is 6.92 Å². The van der Waals surface area contributed by atoms with Gasteiger partial charge in [0.1, 0.15) is 5.75 Å². The molecule has 25 heavy (non-hydrogen) atoms. The first-order chi connectivity index (χ1) is 11.8. The van der Waals surface area contributed by atoms with Gasteiger partial charge in [-0.05, 0) is 24.6 Å². The minimum atomic E-state index is -1.19. The van der Waals surface area contributed by atoms with Gasteiger partial charge in [-0.3, -0.25) is 5.32 Å². The van der Waals surface area contributed by atoms with Crippen molar-refractivity contribution >= 4 is 35.1 Å². The number of anilines is 1. The lowest BCUT2D eigenvalue weighted by Gasteiger charge is -2.06. The maximum atomic E-state index is 11.4. The van der Waals surface area contributed by atoms with Crippen LogP contribution in [0.3, 0.4) is 0 Å². The van der Waals surface area contributed by atoms with Gasteiger partial charge >= 0.3 is 18.0 Å². The second-order valence-corrected chi connectivity index (χ2v) is 5.92. The summed E-state index contributed by atoms with van der Waals surface area (Å²) in [6, 6.07) is 6.70. The third kappa shape index (κ3) is 4.27. The Labute approximate surface area is 146 Å². The summed E-state index contributed by atoms with van der Waals surface area (Å²) in [5.41, 5.74) is 1.77. The van der Waals surface area contributed by atoms with E-state index < -0.39 is 24.6 Å². The first-order valence-corrected chi connectivity index (χ1v) is 7.81. The molecule has 0 unspecified atom stereocenters. The zero-order valence-electron chi connectivity index (χ0n) is 13.4. The van der Waals surface area contributed by atoms with Gasteiger partial charge < -0.3 is 19.7 Å². The minimum absolute atomic E-state index is 0.0478. The van der Waals surface area contributed by atoms with Gasteiger partial charge in [-0.15, -0.1) is 11.3 Å². The Morgan fingerprint density at radius 3 is 2.32 bits per heavy atom. The van der Waals surface area contributed by atoms with E-state index in [0.29, 0.717) is 21.7 Å². The number of hydrogen-bond donors (Lipinski definition) is 3. The van der Waals surface area contributed by atoms with Crippen LogP contribution in [-0.4, -0.2) is 42.0 Å². The van der Waals surface area contributed by atoms with Crippen LogP contribution in [0.4, 0.5) is 10.5 Å². The Balaban J connectivity index is 2.35. The molecule has 1 amide bonds. The number of rotatable bonds is 6. The second kappa shape index (κ2) is 7.67. The van der Waals surface area contributed by atoms with E-state index in [-0.39, 0.29) is 10.6 Å². The third-order valence-electron chi connectivity index (χ3n) is 3.20. The molecule has 0 radical (unpaired) electrons. The number of thiophene rings is 1. The Hall–Kier alpha value is -3.07. The van der Waals surface area contributed by atoms with Crippen molar-refractivity contribution in [2.24, 2.45) is 0 Å². The van der Waals surface area contributed by atoms with E-state index in [1.54, 1.807) is 31.2 Å². The van der Waals surface area contributed by atoms with Crippen molar-refractivity contribution in [2.45, 2.75) is 6.92 Å². The van der Waals surface area contributed by atoms with Crippen molar-refractivity contribution in [2.75, 3.05) is 19.0 Å². The summed E-state index contributed by atoms with van der Waals surface area (Å²) in [4.78, 5) is 33.8. The smallest absolute Gasteiger partial charge is 0.411 e. The highest BCUT2D eigenvalue weighted by Gasteiger charge is 2.23. The highest BCUT2D eigenvalue weighted by atomic mass is 32.1. The van der Waals surface area contributed by atoms with Crippen LogP contribution in [0.5, 0.6) is 5.75 Å². The first-order valence-electron chi connectivity index (χ1n) is 7.00. The minimum Gasteiger partial charge on any atom is -0.480 e. The summed E-state index contributed by atoms with van der Waals surface area (Å²) in [6.07, 6.45) is -0.599. The highest BCUT2D eigenvalue weighted by Crippen LogP contribution is 2.41. The molecule has 0 fully saturated rings. The van der Waals surface area contributed by atoms with Gasteiger partial charge in [-0.25, -0.2) is 14.4 Å². The van der Waals surface area contributed by atoms with Gasteiger partial charge in [0.25, 0.3) is 0 Å². The predicted molar refractivity (Wildman–Crippen MR) is 90.6 cm³/mol. The largest absolute Gasteiger partial charge is 0.480 e. The van der Waals surface area contributed by atoms with E-state index in [9.17, 15) is 19.5 Å². The van der Waals surface area contributed by atoms with Crippen LogP contribution >= 0.6 is 11.3 Å². The summed E-state index contributed by atoms with van der Waals surface area (Å²) in [5.74, 6) is -2.34. The molecule has 132 valence electrons. The fourth-order valence-electron chi connectivity index (χ4n) is 2.10. The average molecular weight is 365 g/mol. The Morgan fingerprint density at radius 2 is 1.80 bits per heavy atom. The Bertz CT molecular complexity index is 811. The quantitative estimate of drug-likeness (QED) is 0.719. The second-order valence-electron chi connectivity index (χ2n) is 4.90. The fourth-order valence-corrected chi connectivity index (χ4v) is 3.19. The average Bonchev–Trinajstić information content (AvgIpc) is 2.90. The van der Waals surface area contributed by atoms with E-state index in [1.165, 1.54) is 7.11 Å². The fraction of sp³-hybridized carbons (Fsp3) is 0.188. The van der Waals surface area contributed by atoms with Gasteiger partial charge in [0.05, 0.1) is 7.11 Å². The zero-order chi connectivity index (χ0) is 18.6. The van der Waals surface area contributed by atoms with Crippen LogP contribution in [0.25, 0.3) is 10.4 Å². The van der Waals surface area contributed by atoms with Crippen LogP contribution in [0.2, 0.25) is 0 Å². The summed E-state index contributed by atoms with van der Waals surface area (Å²) in [7, 11) is 1.25. The normalized spacial score (nSPS) is 10.2. The standard InChI is InChI=1S/C16H15NO7S/c1-8-12(24-7-11(18)19)14(15(20)21)25-13(8)9-3-5-10(6-4-9)17-16(22)23-2/h3-6H,7H2,1-2H3,(H,17,22)(H,18,19)(H,20,21). The molecular formula is C16H15NO7S. The SMILES string of the molecule is COC(=O)Nc1ccc(-c2sc(C(=O)O)c(OCC(=O)O)c2C)cc1. The van der Waals surface area contributed by atoms with Gasteiger partial charge in [-0.2, -0.15) is 0 Å². The van der Waals surface area contributed by atoms with Gasteiger partial charge in [0.2, 0.25) is 0 Å². The molecule has 2 rings (SSSR count). The molecule has 3 N–H and O–H groups in total. The van der Waals surface area contributed by atoms with E-state index in [4.69, 9.17) is 9.84 Å². The van der Waals surface area contributed by atoms with E-state index >= 15 is 0 Å². The van der Waals surface area contributed by atoms with Crippen LogP contribution in [0.15, 0.2) is 24.3 Å². The number of amides is 1. The maximum absolute atomic E-state index is 11.4. The number of ether oxygens (including phenoxy) is 2. The van der Waals surface area contributed by atoms with Gasteiger partial charge in [0.15, 0.2) is 11.5 Å². The highest BCUT2D eigenvalue weighted by molar-refractivity contribution is 7.18. The summed E-state index contributed by atoms with van der Waals surface area (Å²) >= 11 is 0.994. The van der Waals surface area contributed by atoms with E-state index in [1.807, 2.05) is 0 Å². The Morgan fingerprint density at radius 1 is 1.16 bits per heavy atom. The number of aromatic carboxylic acids is 1. The molecule has 1 aromatic heterocycles. The lowest BCUT2D eigenvalue weighted by Crippen LogP contribution is -2.11. The number of methoxy groups -OCH3 is 1. The summed E-state index contributed by atoms with van der Waals surface area (Å²) in [6.45, 7) is 1.04. The predicted octanol–water partition coefficient (Wildman–Crippen LogP) is 3.06. The topological polar surface area (TPSA) is 122 Å². The molecule has 8 nitrogen and oxygen atoms in total. The van der Waals surface area contributed by atoms with Crippen molar-refractivity contribution in [3.63, 3.8) is 0 Å². The lowest BCUT2D eigenvalue weighted by atomic mass is 10.1. The molecule has 0 atom stereocenters. The molecule has 0 saturated carbocycles. The number of carboxylic acids is 2. The molecule has 2 aromatic rings. The van der Waals surface area contributed by atoms with Crippen LogP contribution in [-0.2, 0) is 9.53 Å². The number of aliphatic carboxylic acids is 1. The van der Waals surface area contributed by atoms with Gasteiger partial charge in [0, 0.05) is 16.1 Å². The molecule has 9 heteroatoms. The maximum Gasteiger partial charge on any atom is 0.411 e. The van der Waals surface area contributed by atoms with E-state index in [0.717, 1.165) is 11.3 Å².